The van der Waals surface area contributed by atoms with E-state index >= 15 is 0 Å². The van der Waals surface area contributed by atoms with Gasteiger partial charge in [0, 0.05) is 0 Å². The third kappa shape index (κ3) is 1.55. The summed E-state index contributed by atoms with van der Waals surface area (Å²) >= 11 is 0. The molecule has 1 fully saturated rings. The average Bonchev–Trinajstić information content (AvgIpc) is 2.94. The molecule has 2 rings (SSSR count). The van der Waals surface area contributed by atoms with Gasteiger partial charge in [0.15, 0.2) is 0 Å². The summed E-state index contributed by atoms with van der Waals surface area (Å²) in [6, 6.07) is 3.28. The Morgan fingerprint density at radius 2 is 2.27 bits per heavy atom. The summed E-state index contributed by atoms with van der Waals surface area (Å²) in [5.74, 6) is 1.24. The van der Waals surface area contributed by atoms with Crippen LogP contribution in [0.3, 0.4) is 0 Å². The average molecular weight is 209 g/mol. The molecule has 1 saturated carbocycles. The molecule has 82 valence electrons. The number of hydrogen-bond donors (Lipinski definition) is 1. The first kappa shape index (κ1) is 10.2. The molecular formula is C11H15NO3. The van der Waals surface area contributed by atoms with Crippen LogP contribution in [0, 0.1) is 12.3 Å². The van der Waals surface area contributed by atoms with Gasteiger partial charge in [-0.15, -0.1) is 0 Å². The monoisotopic (exact) mass is 209 g/mol. The molecule has 0 bridgehead atoms. The number of methoxy groups -OCH3 is 1. The minimum Gasteiger partial charge on any atom is -0.469 e. The molecular weight excluding hydrogens is 194 g/mol. The van der Waals surface area contributed by atoms with E-state index < -0.39 is 11.5 Å². The lowest BCUT2D eigenvalue weighted by Crippen LogP contribution is -2.30. The number of aryl methyl sites for hydroxylation is 1. The highest BCUT2D eigenvalue weighted by Gasteiger charge is 2.57. The lowest BCUT2D eigenvalue weighted by molar-refractivity contribution is -0.148. The molecule has 0 aliphatic heterocycles. The largest absolute Gasteiger partial charge is 0.469 e. The lowest BCUT2D eigenvalue weighted by Gasteiger charge is -2.18. The molecule has 0 saturated heterocycles. The van der Waals surface area contributed by atoms with E-state index in [1.807, 2.05) is 19.1 Å². The second kappa shape index (κ2) is 3.38. The highest BCUT2D eigenvalue weighted by Crippen LogP contribution is 2.54. The lowest BCUT2D eigenvalue weighted by atomic mass is 9.95. The van der Waals surface area contributed by atoms with Crippen molar-refractivity contribution < 1.29 is 13.9 Å². The summed E-state index contributed by atoms with van der Waals surface area (Å²) in [5.41, 5.74) is 5.49. The van der Waals surface area contributed by atoms with Gasteiger partial charge in [0.2, 0.25) is 0 Å². The van der Waals surface area contributed by atoms with Crippen molar-refractivity contribution in [3.8, 4) is 0 Å². The Balaban J connectivity index is 2.21. The summed E-state index contributed by atoms with van der Waals surface area (Å²) in [6.45, 7) is 1.86. The summed E-state index contributed by atoms with van der Waals surface area (Å²) < 4.78 is 10.2. The van der Waals surface area contributed by atoms with Crippen molar-refractivity contribution in [1.82, 2.24) is 0 Å². The number of hydrogen-bond acceptors (Lipinski definition) is 4. The Bertz CT molecular complexity index is 379. The molecule has 0 spiro atoms. The van der Waals surface area contributed by atoms with Crippen molar-refractivity contribution in [3.63, 3.8) is 0 Å². The van der Waals surface area contributed by atoms with Gasteiger partial charge in [-0.05, 0) is 31.9 Å². The zero-order valence-electron chi connectivity index (χ0n) is 8.95. The van der Waals surface area contributed by atoms with Crippen molar-refractivity contribution in [2.45, 2.75) is 25.8 Å². The maximum Gasteiger partial charge on any atom is 0.313 e. The number of rotatable bonds is 3. The Kier molecular flexibility index (Phi) is 2.31. The van der Waals surface area contributed by atoms with Gasteiger partial charge in [-0.25, -0.2) is 0 Å². The molecule has 1 aliphatic carbocycles. The molecule has 1 aliphatic rings. The second-order valence-corrected chi connectivity index (χ2v) is 4.07. The normalized spacial score (nSPS) is 19.7. The Hall–Kier alpha value is -1.29. The topological polar surface area (TPSA) is 65.5 Å². The van der Waals surface area contributed by atoms with Crippen molar-refractivity contribution in [1.29, 1.82) is 0 Å². The van der Waals surface area contributed by atoms with E-state index in [1.165, 1.54) is 7.11 Å². The minimum atomic E-state index is -0.543. The number of esters is 1. The van der Waals surface area contributed by atoms with Crippen molar-refractivity contribution in [2.75, 3.05) is 7.11 Å². The van der Waals surface area contributed by atoms with Gasteiger partial charge in [-0.2, -0.15) is 0 Å². The van der Waals surface area contributed by atoms with Crippen molar-refractivity contribution in [2.24, 2.45) is 11.1 Å². The second-order valence-electron chi connectivity index (χ2n) is 4.07. The van der Waals surface area contributed by atoms with Gasteiger partial charge in [0.1, 0.15) is 11.5 Å². The standard InChI is InChI=1S/C11H15NO3/c1-7-3-4-8(15-7)9(12)11(5-6-11)10(13)14-2/h3-4,9H,5-6,12H2,1-2H3. The van der Waals surface area contributed by atoms with Crippen molar-refractivity contribution in [3.05, 3.63) is 23.7 Å². The van der Waals surface area contributed by atoms with Crippen LogP contribution >= 0.6 is 0 Å². The summed E-state index contributed by atoms with van der Waals surface area (Å²) in [4.78, 5) is 11.6. The molecule has 1 aromatic rings. The van der Waals surface area contributed by atoms with E-state index in [2.05, 4.69) is 0 Å². The van der Waals surface area contributed by atoms with E-state index in [0.717, 1.165) is 18.6 Å². The van der Waals surface area contributed by atoms with E-state index in [9.17, 15) is 4.79 Å². The Morgan fingerprint density at radius 3 is 2.67 bits per heavy atom. The number of carbonyl (C=O) groups is 1. The molecule has 4 heteroatoms. The van der Waals surface area contributed by atoms with Crippen LogP contribution in [0.15, 0.2) is 16.5 Å². The third-order valence-corrected chi connectivity index (χ3v) is 3.04. The quantitative estimate of drug-likeness (QED) is 0.767. The first-order chi connectivity index (χ1) is 7.10. The van der Waals surface area contributed by atoms with Crippen LogP contribution in [-0.4, -0.2) is 13.1 Å². The van der Waals surface area contributed by atoms with E-state index in [4.69, 9.17) is 14.9 Å². The molecule has 2 N–H and O–H groups in total. The zero-order valence-corrected chi connectivity index (χ0v) is 8.95. The van der Waals surface area contributed by atoms with Crippen LogP contribution in [0.5, 0.6) is 0 Å². The highest BCUT2D eigenvalue weighted by atomic mass is 16.5. The molecule has 1 aromatic heterocycles. The van der Waals surface area contributed by atoms with Gasteiger partial charge in [-0.1, -0.05) is 0 Å². The van der Waals surface area contributed by atoms with Gasteiger partial charge in [-0.3, -0.25) is 4.79 Å². The number of nitrogens with two attached hydrogens (primary N) is 1. The van der Waals surface area contributed by atoms with Crippen LogP contribution in [0.25, 0.3) is 0 Å². The number of carbonyl (C=O) groups excluding carboxylic acids is 1. The SMILES string of the molecule is COC(=O)C1(C(N)c2ccc(C)o2)CC1. The molecule has 0 radical (unpaired) electrons. The molecule has 0 aromatic carbocycles. The van der Waals surface area contributed by atoms with Crippen LogP contribution in [0.1, 0.15) is 30.4 Å². The van der Waals surface area contributed by atoms with Crippen LogP contribution in [-0.2, 0) is 9.53 Å². The summed E-state index contributed by atoms with van der Waals surface area (Å²) in [7, 11) is 1.39. The molecule has 1 unspecified atom stereocenters. The van der Waals surface area contributed by atoms with Crippen LogP contribution < -0.4 is 5.73 Å². The van der Waals surface area contributed by atoms with E-state index in [1.54, 1.807) is 0 Å². The summed E-state index contributed by atoms with van der Waals surface area (Å²) in [6.07, 6.45) is 1.56. The minimum absolute atomic E-state index is 0.232. The third-order valence-electron chi connectivity index (χ3n) is 3.04. The molecule has 15 heavy (non-hydrogen) atoms. The fourth-order valence-electron chi connectivity index (χ4n) is 1.87. The summed E-state index contributed by atoms with van der Waals surface area (Å²) in [5, 5.41) is 0. The van der Waals surface area contributed by atoms with Crippen LogP contribution in [0.4, 0.5) is 0 Å². The zero-order chi connectivity index (χ0) is 11.1. The van der Waals surface area contributed by atoms with Gasteiger partial charge < -0.3 is 14.9 Å². The molecule has 1 atom stereocenters. The molecule has 1 heterocycles. The number of ether oxygens (including phenoxy) is 1. The fourth-order valence-corrected chi connectivity index (χ4v) is 1.87. The Morgan fingerprint density at radius 1 is 1.60 bits per heavy atom. The van der Waals surface area contributed by atoms with Gasteiger partial charge >= 0.3 is 5.97 Å². The van der Waals surface area contributed by atoms with E-state index in [-0.39, 0.29) is 5.97 Å². The first-order valence-electron chi connectivity index (χ1n) is 5.00. The van der Waals surface area contributed by atoms with Crippen molar-refractivity contribution >= 4 is 5.97 Å². The first-order valence-corrected chi connectivity index (χ1v) is 5.00. The predicted molar refractivity (Wildman–Crippen MR) is 54.1 cm³/mol. The fraction of sp³-hybridized carbons (Fsp3) is 0.545. The van der Waals surface area contributed by atoms with Gasteiger partial charge in [0.05, 0.1) is 18.6 Å². The predicted octanol–water partition coefficient (Wildman–Crippen LogP) is 1.54. The maximum absolute atomic E-state index is 11.6. The molecule has 0 amide bonds. The smallest absolute Gasteiger partial charge is 0.313 e. The van der Waals surface area contributed by atoms with Gasteiger partial charge in [0.25, 0.3) is 0 Å². The molecule has 4 nitrogen and oxygen atoms in total. The van der Waals surface area contributed by atoms with E-state index in [0.29, 0.717) is 5.76 Å². The maximum atomic E-state index is 11.6. The number of furan rings is 1. The highest BCUT2D eigenvalue weighted by molar-refractivity contribution is 5.80. The Labute approximate surface area is 88.4 Å². The van der Waals surface area contributed by atoms with Crippen LogP contribution in [0.2, 0.25) is 0 Å².